The van der Waals surface area contributed by atoms with Gasteiger partial charge in [0.15, 0.2) is 0 Å². The van der Waals surface area contributed by atoms with Gasteiger partial charge in [0.05, 0.1) is 0 Å². The molecule has 1 unspecified atom stereocenters. The fourth-order valence-corrected chi connectivity index (χ4v) is 4.44. The summed E-state index contributed by atoms with van der Waals surface area (Å²) in [5.41, 5.74) is 4.86. The molecule has 0 aliphatic carbocycles. The summed E-state index contributed by atoms with van der Waals surface area (Å²) in [7, 11) is 0. The van der Waals surface area contributed by atoms with Gasteiger partial charge in [-0.1, -0.05) is 60.3 Å². The molecule has 0 bridgehead atoms. The molecule has 0 fully saturated rings. The second kappa shape index (κ2) is 9.96. The van der Waals surface area contributed by atoms with Gasteiger partial charge < -0.3 is 5.32 Å². The molecule has 2 heterocycles. The van der Waals surface area contributed by atoms with E-state index in [1.807, 2.05) is 62.4 Å². The second-order valence-electron chi connectivity index (χ2n) is 7.99. The van der Waals surface area contributed by atoms with Crippen molar-refractivity contribution in [3.05, 3.63) is 88.7 Å². The van der Waals surface area contributed by atoms with Gasteiger partial charge >= 0.3 is 0 Å². The molecule has 0 spiro atoms. The third-order valence-electron chi connectivity index (χ3n) is 5.30. The summed E-state index contributed by atoms with van der Waals surface area (Å²) >= 11 is 1.51. The normalized spacial score (nSPS) is 12.1. The zero-order valence-electron chi connectivity index (χ0n) is 18.6. The van der Waals surface area contributed by atoms with E-state index in [-0.39, 0.29) is 11.9 Å². The van der Waals surface area contributed by atoms with Crippen molar-refractivity contribution in [3.8, 4) is 0 Å². The number of nitrogens with zero attached hydrogens (tertiary/aromatic N) is 4. The monoisotopic (exact) mass is 445 g/mol. The number of fused-ring (bicyclic) bond motifs is 1. The maximum Gasteiger partial charge on any atom is 0.253 e. The topological polar surface area (TPSA) is 72.2 Å². The van der Waals surface area contributed by atoms with Gasteiger partial charge in [-0.2, -0.15) is 4.98 Å². The van der Waals surface area contributed by atoms with Crippen molar-refractivity contribution >= 4 is 23.4 Å². The largest absolute Gasteiger partial charge is 0.350 e. The first kappa shape index (κ1) is 22.0. The van der Waals surface area contributed by atoms with Crippen molar-refractivity contribution in [2.24, 2.45) is 0 Å². The molecule has 0 radical (unpaired) electrons. The molecule has 4 aromatic rings. The van der Waals surface area contributed by atoms with E-state index in [2.05, 4.69) is 39.4 Å². The van der Waals surface area contributed by atoms with Crippen LogP contribution < -0.4 is 5.32 Å². The van der Waals surface area contributed by atoms with Gasteiger partial charge in [0.1, 0.15) is 0 Å². The molecular formula is C25H27N5OS. The van der Waals surface area contributed by atoms with Crippen LogP contribution in [0.1, 0.15) is 46.2 Å². The number of amides is 1. The Kier molecular flexibility index (Phi) is 6.85. The van der Waals surface area contributed by atoms with Gasteiger partial charge in [0.2, 0.25) is 5.16 Å². The first-order chi connectivity index (χ1) is 15.5. The minimum Gasteiger partial charge on any atom is -0.350 e. The first-order valence-electron chi connectivity index (χ1n) is 10.8. The predicted molar refractivity (Wildman–Crippen MR) is 128 cm³/mol. The van der Waals surface area contributed by atoms with E-state index in [1.54, 1.807) is 4.52 Å². The highest BCUT2D eigenvalue weighted by Gasteiger charge is 2.15. The van der Waals surface area contributed by atoms with Crippen LogP contribution in [0.5, 0.6) is 0 Å². The summed E-state index contributed by atoms with van der Waals surface area (Å²) in [6.07, 6.45) is 1.83. The van der Waals surface area contributed by atoms with Crippen LogP contribution in [-0.4, -0.2) is 31.5 Å². The lowest BCUT2D eigenvalue weighted by atomic mass is 10.0. The number of aryl methyl sites for hydroxylation is 3. The lowest BCUT2D eigenvalue weighted by Gasteiger charge is -2.15. The van der Waals surface area contributed by atoms with Crippen LogP contribution in [-0.2, 0) is 12.2 Å². The Morgan fingerprint density at radius 1 is 1.06 bits per heavy atom. The Balaban J connectivity index is 1.40. The number of aromatic nitrogens is 4. The Labute approximate surface area is 192 Å². The van der Waals surface area contributed by atoms with Crippen molar-refractivity contribution < 1.29 is 4.79 Å². The minimum absolute atomic E-state index is 0.0436. The number of rotatable bonds is 8. The molecule has 0 aliphatic rings. The SMILES string of the molecule is Cc1cc(C)n2nc(SCc3ccccc3C(=O)NC(C)CCc3ccccc3)nc2n1. The van der Waals surface area contributed by atoms with Crippen molar-refractivity contribution in [2.75, 3.05) is 0 Å². The molecule has 7 heteroatoms. The molecule has 0 saturated heterocycles. The number of carbonyl (C=O) groups is 1. The fraction of sp³-hybridized carbons (Fsp3) is 0.280. The second-order valence-corrected chi connectivity index (χ2v) is 8.93. The molecule has 1 N–H and O–H groups in total. The summed E-state index contributed by atoms with van der Waals surface area (Å²) in [5.74, 6) is 1.16. The molecule has 2 aromatic heterocycles. The van der Waals surface area contributed by atoms with Crippen LogP contribution in [0.3, 0.4) is 0 Å². The molecular weight excluding hydrogens is 418 g/mol. The number of carbonyl (C=O) groups excluding carboxylic acids is 1. The summed E-state index contributed by atoms with van der Waals surface area (Å²) < 4.78 is 1.75. The lowest BCUT2D eigenvalue weighted by Crippen LogP contribution is -2.33. The molecule has 1 atom stereocenters. The van der Waals surface area contributed by atoms with E-state index in [1.165, 1.54) is 17.3 Å². The number of nitrogens with one attached hydrogen (secondary N) is 1. The summed E-state index contributed by atoms with van der Waals surface area (Å²) in [6, 6.07) is 20.1. The fourth-order valence-electron chi connectivity index (χ4n) is 3.62. The highest BCUT2D eigenvalue weighted by Crippen LogP contribution is 2.23. The predicted octanol–water partition coefficient (Wildman–Crippen LogP) is 4.78. The van der Waals surface area contributed by atoms with Gasteiger partial charge in [0, 0.05) is 28.7 Å². The third-order valence-corrected chi connectivity index (χ3v) is 6.19. The molecule has 4 rings (SSSR count). The van der Waals surface area contributed by atoms with Crippen LogP contribution in [0.15, 0.2) is 65.8 Å². The van der Waals surface area contributed by atoms with Gasteiger partial charge in [-0.3, -0.25) is 4.79 Å². The molecule has 1 amide bonds. The third kappa shape index (κ3) is 5.34. The number of thioether (sulfide) groups is 1. The highest BCUT2D eigenvalue weighted by molar-refractivity contribution is 7.98. The van der Waals surface area contributed by atoms with Crippen molar-refractivity contribution in [3.63, 3.8) is 0 Å². The molecule has 0 saturated carbocycles. The van der Waals surface area contributed by atoms with Crippen molar-refractivity contribution in [1.29, 1.82) is 0 Å². The van der Waals surface area contributed by atoms with Crippen molar-refractivity contribution in [1.82, 2.24) is 24.9 Å². The van der Waals surface area contributed by atoms with Crippen LogP contribution >= 0.6 is 11.8 Å². The smallest absolute Gasteiger partial charge is 0.253 e. The van der Waals surface area contributed by atoms with Gasteiger partial charge in [-0.05, 0) is 56.9 Å². The maximum atomic E-state index is 13.0. The van der Waals surface area contributed by atoms with E-state index in [4.69, 9.17) is 0 Å². The molecule has 164 valence electrons. The standard InChI is InChI=1S/C25H27N5OS/c1-17(13-14-20-9-5-4-6-10-20)26-23(31)22-12-8-7-11-21(22)16-32-25-28-24-27-18(2)15-19(3)30(24)29-25/h4-12,15,17H,13-14,16H2,1-3H3,(H,26,31). The lowest BCUT2D eigenvalue weighted by molar-refractivity contribution is 0.0937. The van der Waals surface area contributed by atoms with E-state index < -0.39 is 0 Å². The Hall–Kier alpha value is -3.19. The van der Waals surface area contributed by atoms with Crippen LogP contribution in [0.2, 0.25) is 0 Å². The van der Waals surface area contributed by atoms with Crippen LogP contribution in [0.25, 0.3) is 5.78 Å². The Morgan fingerprint density at radius 2 is 1.81 bits per heavy atom. The van der Waals surface area contributed by atoms with E-state index in [0.29, 0.717) is 22.3 Å². The van der Waals surface area contributed by atoms with Crippen LogP contribution in [0.4, 0.5) is 0 Å². The van der Waals surface area contributed by atoms with E-state index >= 15 is 0 Å². The average Bonchev–Trinajstić information content (AvgIpc) is 3.20. The van der Waals surface area contributed by atoms with Crippen molar-refractivity contribution in [2.45, 2.75) is 50.6 Å². The summed E-state index contributed by atoms with van der Waals surface area (Å²) in [6.45, 7) is 5.99. The summed E-state index contributed by atoms with van der Waals surface area (Å²) in [5, 5.41) is 8.35. The zero-order valence-corrected chi connectivity index (χ0v) is 19.4. The quantitative estimate of drug-likeness (QED) is 0.395. The van der Waals surface area contributed by atoms with Gasteiger partial charge in [0.25, 0.3) is 11.7 Å². The minimum atomic E-state index is -0.0436. The Morgan fingerprint density at radius 3 is 2.62 bits per heavy atom. The Bertz CT molecular complexity index is 1220. The first-order valence-corrected chi connectivity index (χ1v) is 11.7. The van der Waals surface area contributed by atoms with Gasteiger partial charge in [-0.15, -0.1) is 5.10 Å². The number of hydrogen-bond donors (Lipinski definition) is 1. The highest BCUT2D eigenvalue weighted by atomic mass is 32.2. The average molecular weight is 446 g/mol. The van der Waals surface area contributed by atoms with E-state index in [9.17, 15) is 4.79 Å². The molecule has 0 aliphatic heterocycles. The van der Waals surface area contributed by atoms with Gasteiger partial charge in [-0.25, -0.2) is 9.50 Å². The summed E-state index contributed by atoms with van der Waals surface area (Å²) in [4.78, 5) is 21.9. The molecule has 32 heavy (non-hydrogen) atoms. The molecule has 6 nitrogen and oxygen atoms in total. The van der Waals surface area contributed by atoms with Crippen LogP contribution in [0, 0.1) is 13.8 Å². The zero-order chi connectivity index (χ0) is 22.5. The maximum absolute atomic E-state index is 13.0. The van der Waals surface area contributed by atoms with E-state index in [0.717, 1.165) is 29.8 Å². The number of hydrogen-bond acceptors (Lipinski definition) is 5. The molecule has 2 aromatic carbocycles. The number of benzene rings is 2.